The number of rotatable bonds is 8. The molecule has 206 valence electrons. The van der Waals surface area contributed by atoms with Crippen LogP contribution < -0.4 is 10.0 Å². The lowest BCUT2D eigenvalue weighted by molar-refractivity contribution is -0.614. The Morgan fingerprint density at radius 1 is 1.05 bits per heavy atom. The summed E-state index contributed by atoms with van der Waals surface area (Å²) in [6, 6.07) is 10.2. The highest BCUT2D eigenvalue weighted by Crippen LogP contribution is 2.37. The molecule has 3 N–H and O–H groups in total. The molecule has 1 aliphatic carbocycles. The highest BCUT2D eigenvalue weighted by molar-refractivity contribution is 6.31. The van der Waals surface area contributed by atoms with Crippen molar-refractivity contribution in [3.63, 3.8) is 0 Å². The third-order valence-corrected chi connectivity index (χ3v) is 7.35. The van der Waals surface area contributed by atoms with E-state index in [2.05, 4.69) is 5.32 Å². The summed E-state index contributed by atoms with van der Waals surface area (Å²) in [7, 11) is 0. The number of carboxylic acids is 1. The first kappa shape index (κ1) is 28.4. The molecule has 1 saturated carbocycles. The lowest BCUT2D eigenvalue weighted by Gasteiger charge is -2.28. The van der Waals surface area contributed by atoms with Crippen LogP contribution >= 0.6 is 11.6 Å². The summed E-state index contributed by atoms with van der Waals surface area (Å²) < 4.78 is 42.4. The van der Waals surface area contributed by atoms with Gasteiger partial charge >= 0.3 is 5.97 Å². The Morgan fingerprint density at radius 2 is 1.72 bits per heavy atom. The molecule has 0 saturated heterocycles. The van der Waals surface area contributed by atoms with Gasteiger partial charge < -0.3 is 20.7 Å². The summed E-state index contributed by atoms with van der Waals surface area (Å²) in [5.74, 6) is -3.65. The monoisotopic (exact) mass is 562 g/mol. The molecule has 7 nitrogen and oxygen atoms in total. The molecule has 39 heavy (non-hydrogen) atoms. The van der Waals surface area contributed by atoms with Gasteiger partial charge in [0.2, 0.25) is 11.6 Å². The molecule has 1 amide bonds. The minimum Gasteiger partial charge on any atom is -0.618 e. The molecule has 3 aromatic rings. The molecular formula is C28H26ClF3N2O5. The molecular weight excluding hydrogens is 537 g/mol. The number of aliphatic hydroxyl groups is 1. The third-order valence-electron chi connectivity index (χ3n) is 7.05. The highest BCUT2D eigenvalue weighted by Gasteiger charge is 2.33. The number of carbonyl (C=O) groups is 2. The minimum atomic E-state index is -3.01. The van der Waals surface area contributed by atoms with Crippen LogP contribution in [0.15, 0.2) is 54.7 Å². The minimum absolute atomic E-state index is 0.0329. The smallest absolute Gasteiger partial charge is 0.335 e. The largest absolute Gasteiger partial charge is 0.618 e. The van der Waals surface area contributed by atoms with Crippen LogP contribution in [0, 0.1) is 16.9 Å². The molecule has 1 fully saturated rings. The number of aromatic nitrogens is 1. The predicted molar refractivity (Wildman–Crippen MR) is 138 cm³/mol. The van der Waals surface area contributed by atoms with Crippen LogP contribution in [-0.4, -0.2) is 28.2 Å². The van der Waals surface area contributed by atoms with Gasteiger partial charge in [-0.2, -0.15) is 4.73 Å². The van der Waals surface area contributed by atoms with Crippen LogP contribution in [0.4, 0.5) is 18.9 Å². The van der Waals surface area contributed by atoms with E-state index in [1.165, 1.54) is 36.4 Å². The molecule has 1 aliphatic rings. The fraction of sp³-hybridized carbons (Fsp3) is 0.321. The molecule has 0 unspecified atom stereocenters. The van der Waals surface area contributed by atoms with Crippen molar-refractivity contribution >= 4 is 29.2 Å². The van der Waals surface area contributed by atoms with Gasteiger partial charge in [-0.25, -0.2) is 18.0 Å². The first-order valence-electron chi connectivity index (χ1n) is 12.4. The molecule has 1 atom stereocenters. The number of hydrogen-bond acceptors (Lipinski definition) is 4. The van der Waals surface area contributed by atoms with Gasteiger partial charge in [0, 0.05) is 22.9 Å². The Labute approximate surface area is 227 Å². The van der Waals surface area contributed by atoms with E-state index in [9.17, 15) is 33.1 Å². The Bertz CT molecular complexity index is 1360. The van der Waals surface area contributed by atoms with Crippen molar-refractivity contribution in [2.75, 3.05) is 5.32 Å². The van der Waals surface area contributed by atoms with Crippen molar-refractivity contribution in [1.82, 2.24) is 0 Å². The van der Waals surface area contributed by atoms with E-state index >= 15 is 0 Å². The molecule has 0 aliphatic heterocycles. The number of carbonyl (C=O) groups excluding carboxylic acids is 1. The van der Waals surface area contributed by atoms with E-state index in [0.717, 1.165) is 18.3 Å². The Kier molecular flexibility index (Phi) is 8.76. The Hall–Kier alpha value is -3.63. The van der Waals surface area contributed by atoms with Crippen LogP contribution in [0.25, 0.3) is 11.1 Å². The fourth-order valence-corrected chi connectivity index (χ4v) is 5.11. The van der Waals surface area contributed by atoms with Gasteiger partial charge in [-0.15, -0.1) is 0 Å². The second-order valence-electron chi connectivity index (χ2n) is 9.63. The van der Waals surface area contributed by atoms with Gasteiger partial charge in [-0.1, -0.05) is 17.7 Å². The third kappa shape index (κ3) is 6.51. The standard InChI is InChI=1S/C28H26ClF3N2O5/c29-22-11-10-20(26(31)32)24(25(22)30)17-5-12-23(34(39)14-17)21(13-15-1-8-19(35)9-2-15)27(36)33-18-6-3-16(4-7-18)28(37)38/h3-7,10-12,14-15,19,21,26,35H,1-2,8-9,13H2,(H,33,36)(H,37,38)/t15-,19-,21-/m1/s1. The number of benzene rings is 2. The maximum Gasteiger partial charge on any atom is 0.335 e. The van der Waals surface area contributed by atoms with E-state index < -0.39 is 47.3 Å². The zero-order valence-electron chi connectivity index (χ0n) is 20.6. The lowest BCUT2D eigenvalue weighted by Crippen LogP contribution is -2.38. The number of nitrogens with zero attached hydrogens (tertiary/aromatic N) is 1. The Balaban J connectivity index is 1.68. The van der Waals surface area contributed by atoms with Crippen molar-refractivity contribution in [3.8, 4) is 11.1 Å². The number of halogens is 4. The number of pyridine rings is 1. The number of alkyl halides is 2. The van der Waals surface area contributed by atoms with Gasteiger partial charge in [0.05, 0.1) is 22.3 Å². The van der Waals surface area contributed by atoms with Crippen molar-refractivity contribution in [2.45, 2.75) is 50.6 Å². The van der Waals surface area contributed by atoms with Gasteiger partial charge in [-0.05, 0) is 74.4 Å². The van der Waals surface area contributed by atoms with Crippen LogP contribution in [-0.2, 0) is 4.79 Å². The van der Waals surface area contributed by atoms with Crippen LogP contribution in [0.1, 0.15) is 66.1 Å². The average molecular weight is 563 g/mol. The first-order valence-corrected chi connectivity index (χ1v) is 12.7. The molecule has 4 rings (SSSR count). The number of anilines is 1. The van der Waals surface area contributed by atoms with E-state index in [1.807, 2.05) is 0 Å². The fourth-order valence-electron chi connectivity index (χ4n) is 4.95. The normalized spacial score (nSPS) is 18.1. The summed E-state index contributed by atoms with van der Waals surface area (Å²) >= 11 is 5.82. The van der Waals surface area contributed by atoms with Crippen molar-refractivity contribution in [1.29, 1.82) is 0 Å². The Morgan fingerprint density at radius 3 is 2.31 bits per heavy atom. The van der Waals surface area contributed by atoms with Crippen LogP contribution in [0.3, 0.4) is 0 Å². The number of aromatic carboxylic acids is 1. The highest BCUT2D eigenvalue weighted by atomic mass is 35.5. The summed E-state index contributed by atoms with van der Waals surface area (Å²) in [6.45, 7) is 0. The average Bonchev–Trinajstić information content (AvgIpc) is 2.90. The van der Waals surface area contributed by atoms with Gasteiger partial charge in [0.15, 0.2) is 6.20 Å². The number of amides is 1. The number of nitrogens with one attached hydrogen (secondary N) is 1. The van der Waals surface area contributed by atoms with Crippen molar-refractivity contribution in [2.24, 2.45) is 5.92 Å². The maximum absolute atomic E-state index is 14.8. The van der Waals surface area contributed by atoms with Gasteiger partial charge in [0.25, 0.3) is 6.43 Å². The summed E-state index contributed by atoms with van der Waals surface area (Å²) in [4.78, 5) is 24.5. The SMILES string of the molecule is O=C(O)c1ccc(NC(=O)[C@H](C[C@H]2CC[C@H](O)CC2)c2ccc(-c3c(C(F)F)ccc(Cl)c3F)c[n+]2[O-])cc1. The number of carboxylic acid groups (broad SMARTS) is 1. The number of aliphatic hydroxyl groups excluding tert-OH is 1. The van der Waals surface area contributed by atoms with Gasteiger partial charge in [0.1, 0.15) is 11.7 Å². The first-order chi connectivity index (χ1) is 18.5. The lowest BCUT2D eigenvalue weighted by atomic mass is 9.80. The van der Waals surface area contributed by atoms with E-state index in [0.29, 0.717) is 36.1 Å². The molecule has 2 aromatic carbocycles. The molecule has 0 spiro atoms. The topological polar surface area (TPSA) is 114 Å². The zero-order chi connectivity index (χ0) is 28.3. The van der Waals surface area contributed by atoms with Gasteiger partial charge in [-0.3, -0.25) is 4.79 Å². The predicted octanol–water partition coefficient (Wildman–Crippen LogP) is 6.08. The molecule has 1 aromatic heterocycles. The van der Waals surface area contributed by atoms with Crippen molar-refractivity contribution in [3.05, 3.63) is 87.6 Å². The summed E-state index contributed by atoms with van der Waals surface area (Å²) in [6.07, 6.45) is 0.235. The summed E-state index contributed by atoms with van der Waals surface area (Å²) in [5, 5.41) is 34.5. The van der Waals surface area contributed by atoms with E-state index in [-0.39, 0.29) is 34.2 Å². The summed E-state index contributed by atoms with van der Waals surface area (Å²) in [5.41, 5.74) is -0.835. The second-order valence-corrected chi connectivity index (χ2v) is 10.0. The maximum atomic E-state index is 14.8. The number of hydrogen-bond donors (Lipinski definition) is 3. The second kappa shape index (κ2) is 12.0. The quantitative estimate of drug-likeness (QED) is 0.227. The molecule has 11 heteroatoms. The van der Waals surface area contributed by atoms with Crippen LogP contribution in [0.2, 0.25) is 5.02 Å². The molecule has 1 heterocycles. The van der Waals surface area contributed by atoms with Crippen LogP contribution in [0.5, 0.6) is 0 Å². The van der Waals surface area contributed by atoms with Crippen molar-refractivity contribution < 1.29 is 37.7 Å². The molecule has 0 radical (unpaired) electrons. The van der Waals surface area contributed by atoms with E-state index in [4.69, 9.17) is 16.7 Å². The zero-order valence-corrected chi connectivity index (χ0v) is 21.4. The molecule has 0 bridgehead atoms. The van der Waals surface area contributed by atoms with E-state index in [1.54, 1.807) is 0 Å².